The molecule has 1 heterocycles. The molecule has 146 valence electrons. The monoisotopic (exact) mass is 415 g/mol. The highest BCUT2D eigenvalue weighted by Crippen LogP contribution is 2.36. The maximum Gasteiger partial charge on any atom is 0.269 e. The molecule has 0 saturated carbocycles. The summed E-state index contributed by atoms with van der Waals surface area (Å²) in [5, 5.41) is 14.5. The number of nitro benzene ring substituents is 1. The van der Waals surface area contributed by atoms with Crippen molar-refractivity contribution in [1.29, 1.82) is 0 Å². The van der Waals surface area contributed by atoms with Crippen molar-refractivity contribution in [3.63, 3.8) is 0 Å². The van der Waals surface area contributed by atoms with Crippen LogP contribution in [-0.2, 0) is 0 Å². The Bertz CT molecular complexity index is 926. The van der Waals surface area contributed by atoms with Crippen molar-refractivity contribution in [2.45, 2.75) is 39.2 Å². The lowest BCUT2D eigenvalue weighted by Gasteiger charge is -2.31. The smallest absolute Gasteiger partial charge is 0.269 e. The minimum Gasteiger partial charge on any atom is -0.315 e. The van der Waals surface area contributed by atoms with Gasteiger partial charge in [0.15, 0.2) is 5.13 Å². The molecule has 5 nitrogen and oxygen atoms in total. The Morgan fingerprint density at radius 1 is 1.14 bits per heavy atom. The number of benzene rings is 2. The van der Waals surface area contributed by atoms with Gasteiger partial charge >= 0.3 is 0 Å². The Hall–Kier alpha value is -2.44. The van der Waals surface area contributed by atoms with Gasteiger partial charge in [0.2, 0.25) is 0 Å². The van der Waals surface area contributed by atoms with Crippen molar-refractivity contribution in [2.24, 2.45) is 0 Å². The van der Waals surface area contributed by atoms with Gasteiger partial charge in [0.05, 0.1) is 10.6 Å². The normalized spacial score (nSPS) is 12.0. The van der Waals surface area contributed by atoms with Gasteiger partial charge in [0.1, 0.15) is 0 Å². The van der Waals surface area contributed by atoms with Crippen LogP contribution in [0.5, 0.6) is 0 Å². The number of nitrogens with zero attached hydrogens (tertiary/aromatic N) is 3. The van der Waals surface area contributed by atoms with Crippen LogP contribution in [0.2, 0.25) is 5.02 Å². The van der Waals surface area contributed by atoms with E-state index < -0.39 is 4.92 Å². The number of halogens is 1. The second-order valence-corrected chi connectivity index (χ2v) is 7.79. The fourth-order valence-electron chi connectivity index (χ4n) is 3.19. The summed E-state index contributed by atoms with van der Waals surface area (Å²) < 4.78 is 0. The third-order valence-corrected chi connectivity index (χ3v) is 5.73. The molecular weight excluding hydrogens is 394 g/mol. The molecule has 2 aromatic carbocycles. The van der Waals surface area contributed by atoms with Crippen molar-refractivity contribution >= 4 is 39.4 Å². The van der Waals surface area contributed by atoms with Crippen molar-refractivity contribution in [1.82, 2.24) is 4.98 Å². The highest BCUT2D eigenvalue weighted by molar-refractivity contribution is 7.14. The molecule has 3 aromatic rings. The predicted molar refractivity (Wildman–Crippen MR) is 117 cm³/mol. The number of hydrogen-bond donors (Lipinski definition) is 0. The Balaban J connectivity index is 1.96. The molecule has 0 aliphatic rings. The Labute approximate surface area is 173 Å². The van der Waals surface area contributed by atoms with Crippen molar-refractivity contribution < 1.29 is 4.92 Å². The SMILES string of the molecule is CCCC(CC)N(c1ccc(Cl)cc1)c1nc(-c2ccc([N+](=O)[O-])cc2)cs1. The van der Waals surface area contributed by atoms with Crippen molar-refractivity contribution in [3.05, 3.63) is 69.0 Å². The zero-order chi connectivity index (χ0) is 20.1. The zero-order valence-corrected chi connectivity index (χ0v) is 17.4. The summed E-state index contributed by atoms with van der Waals surface area (Å²) in [4.78, 5) is 17.6. The van der Waals surface area contributed by atoms with E-state index in [1.54, 1.807) is 23.5 Å². The average Bonchev–Trinajstić information content (AvgIpc) is 3.18. The van der Waals surface area contributed by atoms with Gasteiger partial charge in [0, 0.05) is 39.8 Å². The van der Waals surface area contributed by atoms with Crippen LogP contribution in [0.25, 0.3) is 11.3 Å². The van der Waals surface area contributed by atoms with Crippen LogP contribution in [0.3, 0.4) is 0 Å². The molecule has 0 amide bonds. The molecule has 1 atom stereocenters. The Morgan fingerprint density at radius 2 is 1.82 bits per heavy atom. The highest BCUT2D eigenvalue weighted by atomic mass is 35.5. The quantitative estimate of drug-likeness (QED) is 0.291. The first-order valence-corrected chi connectivity index (χ1v) is 10.5. The fourth-order valence-corrected chi connectivity index (χ4v) is 4.24. The second-order valence-electron chi connectivity index (χ2n) is 6.52. The molecule has 1 aromatic heterocycles. The molecule has 0 aliphatic carbocycles. The molecule has 7 heteroatoms. The van der Waals surface area contributed by atoms with Crippen LogP contribution in [-0.4, -0.2) is 15.9 Å². The first kappa shape index (κ1) is 20.3. The maximum atomic E-state index is 10.9. The number of aromatic nitrogens is 1. The van der Waals surface area contributed by atoms with E-state index in [9.17, 15) is 10.1 Å². The highest BCUT2D eigenvalue weighted by Gasteiger charge is 2.22. The lowest BCUT2D eigenvalue weighted by molar-refractivity contribution is -0.384. The number of non-ortho nitro benzene ring substituents is 1. The first-order valence-electron chi connectivity index (χ1n) is 9.28. The Morgan fingerprint density at radius 3 is 2.39 bits per heavy atom. The Kier molecular flexibility index (Phi) is 6.65. The molecule has 0 radical (unpaired) electrons. The van der Waals surface area contributed by atoms with E-state index in [0.717, 1.165) is 41.3 Å². The van der Waals surface area contributed by atoms with Gasteiger partial charge in [-0.2, -0.15) is 0 Å². The summed E-state index contributed by atoms with van der Waals surface area (Å²) in [6, 6.07) is 14.7. The summed E-state index contributed by atoms with van der Waals surface area (Å²) in [6.45, 7) is 4.38. The van der Waals surface area contributed by atoms with E-state index in [-0.39, 0.29) is 5.69 Å². The summed E-state index contributed by atoms with van der Waals surface area (Å²) in [7, 11) is 0. The van der Waals surface area contributed by atoms with Gasteiger partial charge < -0.3 is 4.90 Å². The van der Waals surface area contributed by atoms with Crippen molar-refractivity contribution in [2.75, 3.05) is 4.90 Å². The van der Waals surface area contributed by atoms with E-state index in [1.807, 2.05) is 29.6 Å². The number of nitro groups is 1. The molecule has 28 heavy (non-hydrogen) atoms. The van der Waals surface area contributed by atoms with Crippen LogP contribution in [0.15, 0.2) is 53.9 Å². The number of hydrogen-bond acceptors (Lipinski definition) is 5. The predicted octanol–water partition coefficient (Wildman–Crippen LogP) is 7.09. The van der Waals surface area contributed by atoms with Crippen LogP contribution in [0.4, 0.5) is 16.5 Å². The summed E-state index contributed by atoms with van der Waals surface area (Å²) in [5.41, 5.74) is 2.83. The molecule has 3 rings (SSSR count). The zero-order valence-electron chi connectivity index (χ0n) is 15.8. The van der Waals surface area contributed by atoms with Gasteiger partial charge in [-0.25, -0.2) is 4.98 Å². The van der Waals surface area contributed by atoms with Gasteiger partial charge in [0.25, 0.3) is 5.69 Å². The average molecular weight is 416 g/mol. The van der Waals surface area contributed by atoms with Gasteiger partial charge in [-0.15, -0.1) is 11.3 Å². The second kappa shape index (κ2) is 9.17. The first-order chi connectivity index (χ1) is 13.5. The molecule has 1 unspecified atom stereocenters. The maximum absolute atomic E-state index is 10.9. The van der Waals surface area contributed by atoms with E-state index in [0.29, 0.717) is 11.1 Å². The largest absolute Gasteiger partial charge is 0.315 e. The summed E-state index contributed by atoms with van der Waals surface area (Å²) >= 11 is 7.66. The van der Waals surface area contributed by atoms with Crippen LogP contribution < -0.4 is 4.90 Å². The van der Waals surface area contributed by atoms with Crippen LogP contribution in [0, 0.1) is 10.1 Å². The molecule has 0 fully saturated rings. The lowest BCUT2D eigenvalue weighted by Crippen LogP contribution is -2.30. The number of anilines is 2. The molecule has 0 aliphatic heterocycles. The number of rotatable bonds is 8. The third kappa shape index (κ3) is 4.51. The molecule has 0 saturated heterocycles. The van der Waals surface area contributed by atoms with Crippen molar-refractivity contribution in [3.8, 4) is 11.3 Å². The van der Waals surface area contributed by atoms with E-state index in [4.69, 9.17) is 16.6 Å². The number of thiazole rings is 1. The fraction of sp³-hybridized carbons (Fsp3) is 0.286. The topological polar surface area (TPSA) is 59.3 Å². The minimum atomic E-state index is -0.394. The summed E-state index contributed by atoms with van der Waals surface area (Å²) in [5.74, 6) is 0. The third-order valence-electron chi connectivity index (χ3n) is 4.64. The molecular formula is C21H22ClN3O2S. The minimum absolute atomic E-state index is 0.0796. The van der Waals surface area contributed by atoms with E-state index >= 15 is 0 Å². The molecule has 0 spiro atoms. The van der Waals surface area contributed by atoms with Crippen LogP contribution in [0.1, 0.15) is 33.1 Å². The van der Waals surface area contributed by atoms with E-state index in [1.165, 1.54) is 12.1 Å². The standard InChI is InChI=1S/C21H22ClN3O2S/c1-3-5-17(4-2)24(18-12-8-16(22)9-13-18)21-23-20(14-28-21)15-6-10-19(11-7-15)25(26)27/h6-14,17H,3-5H2,1-2H3. The van der Waals surface area contributed by atoms with E-state index in [2.05, 4.69) is 18.7 Å². The molecule has 0 N–H and O–H groups in total. The lowest BCUT2D eigenvalue weighted by atomic mass is 10.1. The summed E-state index contributed by atoms with van der Waals surface area (Å²) in [6.07, 6.45) is 3.15. The van der Waals surface area contributed by atoms with Gasteiger partial charge in [-0.05, 0) is 49.2 Å². The van der Waals surface area contributed by atoms with Gasteiger partial charge in [-0.1, -0.05) is 31.9 Å². The van der Waals surface area contributed by atoms with Crippen LogP contribution >= 0.6 is 22.9 Å². The van der Waals surface area contributed by atoms with Gasteiger partial charge in [-0.3, -0.25) is 10.1 Å². The molecule has 0 bridgehead atoms.